The van der Waals surface area contributed by atoms with Gasteiger partial charge in [-0.3, -0.25) is 9.97 Å². The summed E-state index contributed by atoms with van der Waals surface area (Å²) in [5, 5.41) is 5.82. The SMILES string of the molecule is CC[C@@H](NC(=O)Nc1cccc(Oc2ccncc2)c1)c1ccncc1. The number of nitrogens with zero attached hydrogens (tertiary/aromatic N) is 2. The van der Waals surface area contributed by atoms with Crippen molar-refractivity contribution in [1.82, 2.24) is 15.3 Å². The van der Waals surface area contributed by atoms with Crippen LogP contribution in [0.2, 0.25) is 0 Å². The lowest BCUT2D eigenvalue weighted by Crippen LogP contribution is -2.32. The predicted octanol–water partition coefficient (Wildman–Crippen LogP) is 4.54. The Morgan fingerprint density at radius 3 is 2.38 bits per heavy atom. The van der Waals surface area contributed by atoms with Gasteiger partial charge in [0.15, 0.2) is 0 Å². The minimum atomic E-state index is -0.269. The van der Waals surface area contributed by atoms with Crippen LogP contribution in [-0.4, -0.2) is 16.0 Å². The van der Waals surface area contributed by atoms with Crippen LogP contribution in [0, 0.1) is 0 Å². The second-order valence-electron chi connectivity index (χ2n) is 5.65. The lowest BCUT2D eigenvalue weighted by atomic mass is 10.1. The molecule has 6 nitrogen and oxygen atoms in total. The minimum Gasteiger partial charge on any atom is -0.457 e. The number of benzene rings is 1. The number of carbonyl (C=O) groups excluding carboxylic acids is 1. The highest BCUT2D eigenvalue weighted by Crippen LogP contribution is 2.23. The minimum absolute atomic E-state index is 0.0748. The van der Waals surface area contributed by atoms with Crippen molar-refractivity contribution >= 4 is 11.7 Å². The van der Waals surface area contributed by atoms with E-state index in [-0.39, 0.29) is 12.1 Å². The van der Waals surface area contributed by atoms with Crippen molar-refractivity contribution in [1.29, 1.82) is 0 Å². The Kier molecular flexibility index (Phi) is 5.77. The second kappa shape index (κ2) is 8.62. The number of aromatic nitrogens is 2. The van der Waals surface area contributed by atoms with Crippen molar-refractivity contribution in [3.8, 4) is 11.5 Å². The van der Waals surface area contributed by atoms with Gasteiger partial charge in [0, 0.05) is 36.5 Å². The highest BCUT2D eigenvalue weighted by molar-refractivity contribution is 5.89. The summed E-state index contributed by atoms with van der Waals surface area (Å²) in [4.78, 5) is 20.3. The van der Waals surface area contributed by atoms with Crippen LogP contribution >= 0.6 is 0 Å². The van der Waals surface area contributed by atoms with Crippen molar-refractivity contribution in [3.63, 3.8) is 0 Å². The van der Waals surface area contributed by atoms with Crippen molar-refractivity contribution in [2.45, 2.75) is 19.4 Å². The molecule has 132 valence electrons. The number of nitrogens with one attached hydrogen (secondary N) is 2. The Labute approximate surface area is 152 Å². The molecule has 0 bridgehead atoms. The molecule has 1 aromatic carbocycles. The molecule has 0 radical (unpaired) electrons. The summed E-state index contributed by atoms with van der Waals surface area (Å²) in [6.07, 6.45) is 7.54. The second-order valence-corrected chi connectivity index (χ2v) is 5.65. The average molecular weight is 348 g/mol. The third-order valence-corrected chi connectivity index (χ3v) is 3.80. The molecule has 0 saturated carbocycles. The summed E-state index contributed by atoms with van der Waals surface area (Å²) in [5.74, 6) is 1.32. The van der Waals surface area contributed by atoms with Crippen LogP contribution in [0.15, 0.2) is 73.3 Å². The van der Waals surface area contributed by atoms with Crippen molar-refractivity contribution in [2.24, 2.45) is 0 Å². The summed E-state index contributed by atoms with van der Waals surface area (Å²) in [6.45, 7) is 2.02. The van der Waals surface area contributed by atoms with E-state index in [1.165, 1.54) is 0 Å². The number of hydrogen-bond acceptors (Lipinski definition) is 4. The summed E-state index contributed by atoms with van der Waals surface area (Å²) >= 11 is 0. The zero-order valence-electron chi connectivity index (χ0n) is 14.4. The molecule has 1 atom stereocenters. The third kappa shape index (κ3) is 4.80. The molecule has 2 aromatic heterocycles. The smallest absolute Gasteiger partial charge is 0.319 e. The molecule has 6 heteroatoms. The van der Waals surface area contributed by atoms with Crippen LogP contribution in [0.4, 0.5) is 10.5 Å². The zero-order chi connectivity index (χ0) is 18.2. The van der Waals surface area contributed by atoms with Gasteiger partial charge in [-0.25, -0.2) is 4.79 Å². The van der Waals surface area contributed by atoms with Gasteiger partial charge >= 0.3 is 6.03 Å². The molecule has 0 aliphatic carbocycles. The van der Waals surface area contributed by atoms with E-state index < -0.39 is 0 Å². The quantitative estimate of drug-likeness (QED) is 0.685. The first-order valence-corrected chi connectivity index (χ1v) is 8.40. The predicted molar refractivity (Wildman–Crippen MR) is 100 cm³/mol. The van der Waals surface area contributed by atoms with Gasteiger partial charge in [0.25, 0.3) is 0 Å². The first kappa shape index (κ1) is 17.4. The third-order valence-electron chi connectivity index (χ3n) is 3.80. The van der Waals surface area contributed by atoms with Crippen molar-refractivity contribution in [3.05, 3.63) is 78.9 Å². The van der Waals surface area contributed by atoms with Crippen LogP contribution in [0.5, 0.6) is 11.5 Å². The molecule has 0 aliphatic rings. The van der Waals surface area contributed by atoms with Gasteiger partial charge in [0.05, 0.1) is 6.04 Å². The van der Waals surface area contributed by atoms with Crippen LogP contribution in [0.1, 0.15) is 24.9 Å². The molecule has 3 rings (SSSR count). The molecule has 0 saturated heterocycles. The summed E-state index contributed by atoms with van der Waals surface area (Å²) in [6, 6.07) is 14.2. The maximum Gasteiger partial charge on any atom is 0.319 e. The van der Waals surface area contributed by atoms with Crippen LogP contribution in [-0.2, 0) is 0 Å². The molecule has 0 aliphatic heterocycles. The van der Waals surface area contributed by atoms with E-state index in [4.69, 9.17) is 4.74 Å². The maximum atomic E-state index is 12.3. The molecule has 2 heterocycles. The van der Waals surface area contributed by atoms with Gasteiger partial charge in [-0.15, -0.1) is 0 Å². The molecule has 26 heavy (non-hydrogen) atoms. The molecule has 3 aromatic rings. The standard InChI is InChI=1S/C20H20N4O2/c1-2-19(15-6-10-21-11-7-15)24-20(25)23-16-4-3-5-18(14-16)26-17-8-12-22-13-9-17/h3-14,19H,2H2,1H3,(H2,23,24,25)/t19-/m1/s1. The normalized spacial score (nSPS) is 11.4. The number of rotatable bonds is 6. The van der Waals surface area contributed by atoms with Crippen molar-refractivity contribution in [2.75, 3.05) is 5.32 Å². The van der Waals surface area contributed by atoms with Gasteiger partial charge < -0.3 is 15.4 Å². The Bertz CT molecular complexity index is 841. The van der Waals surface area contributed by atoms with Gasteiger partial charge in [-0.1, -0.05) is 13.0 Å². The first-order chi connectivity index (χ1) is 12.7. The number of carbonyl (C=O) groups is 1. The number of anilines is 1. The Balaban J connectivity index is 1.63. The number of pyridine rings is 2. The van der Waals surface area contributed by atoms with Gasteiger partial charge in [0.2, 0.25) is 0 Å². The molecule has 0 fully saturated rings. The number of ether oxygens (including phenoxy) is 1. The van der Waals surface area contributed by atoms with Crippen LogP contribution < -0.4 is 15.4 Å². The number of urea groups is 1. The van der Waals surface area contributed by atoms with Crippen LogP contribution in [0.3, 0.4) is 0 Å². The Hall–Kier alpha value is -3.41. The lowest BCUT2D eigenvalue weighted by molar-refractivity contribution is 0.248. The molecule has 0 spiro atoms. The summed E-state index contributed by atoms with van der Waals surface area (Å²) in [7, 11) is 0. The monoisotopic (exact) mass is 348 g/mol. The summed E-state index contributed by atoms with van der Waals surface area (Å²) in [5.41, 5.74) is 1.67. The van der Waals surface area contributed by atoms with E-state index in [0.29, 0.717) is 17.2 Å². The molecular weight excluding hydrogens is 328 g/mol. The van der Waals surface area contributed by atoms with E-state index in [0.717, 1.165) is 12.0 Å². The summed E-state index contributed by atoms with van der Waals surface area (Å²) < 4.78 is 5.75. The van der Waals surface area contributed by atoms with E-state index in [1.54, 1.807) is 43.0 Å². The fourth-order valence-corrected chi connectivity index (χ4v) is 2.52. The lowest BCUT2D eigenvalue weighted by Gasteiger charge is -2.18. The van der Waals surface area contributed by atoms with Crippen LogP contribution in [0.25, 0.3) is 0 Å². The van der Waals surface area contributed by atoms with E-state index in [9.17, 15) is 4.79 Å². The molecule has 0 unspecified atom stereocenters. The molecule has 2 amide bonds. The Morgan fingerprint density at radius 1 is 1.00 bits per heavy atom. The Morgan fingerprint density at radius 2 is 1.69 bits per heavy atom. The fraction of sp³-hybridized carbons (Fsp3) is 0.150. The maximum absolute atomic E-state index is 12.3. The highest BCUT2D eigenvalue weighted by atomic mass is 16.5. The zero-order valence-corrected chi connectivity index (χ0v) is 14.4. The molecular formula is C20H20N4O2. The van der Waals surface area contributed by atoms with Crippen molar-refractivity contribution < 1.29 is 9.53 Å². The number of hydrogen-bond donors (Lipinski definition) is 2. The van der Waals surface area contributed by atoms with E-state index in [2.05, 4.69) is 20.6 Å². The highest BCUT2D eigenvalue weighted by Gasteiger charge is 2.12. The topological polar surface area (TPSA) is 76.1 Å². The van der Waals surface area contributed by atoms with Gasteiger partial charge in [-0.05, 0) is 48.4 Å². The number of amides is 2. The average Bonchev–Trinajstić information content (AvgIpc) is 2.68. The molecule has 2 N–H and O–H groups in total. The first-order valence-electron chi connectivity index (χ1n) is 8.40. The largest absolute Gasteiger partial charge is 0.457 e. The van der Waals surface area contributed by atoms with E-state index in [1.807, 2.05) is 37.3 Å². The fourth-order valence-electron chi connectivity index (χ4n) is 2.52. The van der Waals surface area contributed by atoms with Gasteiger partial charge in [0.1, 0.15) is 11.5 Å². The van der Waals surface area contributed by atoms with Gasteiger partial charge in [-0.2, -0.15) is 0 Å². The van der Waals surface area contributed by atoms with E-state index >= 15 is 0 Å².